The van der Waals surface area contributed by atoms with E-state index >= 15 is 0 Å². The van der Waals surface area contributed by atoms with E-state index in [4.69, 9.17) is 9.47 Å². The van der Waals surface area contributed by atoms with E-state index in [9.17, 15) is 9.90 Å². The highest BCUT2D eigenvalue weighted by Gasteiger charge is 2.30. The second-order valence-electron chi connectivity index (χ2n) is 6.83. The summed E-state index contributed by atoms with van der Waals surface area (Å²) in [7, 11) is 0. The Hall–Kier alpha value is -1.63. The zero-order chi connectivity index (χ0) is 17.0. The zero-order valence-electron chi connectivity index (χ0n) is 14.2. The number of para-hydroxylation sites is 1. The van der Waals surface area contributed by atoms with Crippen molar-refractivity contribution < 1.29 is 19.4 Å². The molecule has 132 valence electrons. The summed E-state index contributed by atoms with van der Waals surface area (Å²) in [5.74, 6) is 0.520. The standard InChI is InChI=1S/C18H26N2O4/c1-18(22,13-20-7-10-23-11-8-20)12-19-17(21)15-6-9-24-16-5-3-2-4-14(15)16/h2-5,15,22H,6-13H2,1H3,(H,19,21). The van der Waals surface area contributed by atoms with Gasteiger partial charge in [-0.2, -0.15) is 0 Å². The second-order valence-corrected chi connectivity index (χ2v) is 6.83. The highest BCUT2D eigenvalue weighted by molar-refractivity contribution is 5.84. The number of nitrogens with zero attached hydrogens (tertiary/aromatic N) is 1. The Morgan fingerprint density at radius 1 is 1.33 bits per heavy atom. The minimum atomic E-state index is -0.961. The van der Waals surface area contributed by atoms with Gasteiger partial charge in [0.2, 0.25) is 5.91 Å². The van der Waals surface area contributed by atoms with Gasteiger partial charge >= 0.3 is 0 Å². The fourth-order valence-corrected chi connectivity index (χ4v) is 3.31. The third-order valence-corrected chi connectivity index (χ3v) is 4.59. The number of carbonyl (C=O) groups is 1. The maximum atomic E-state index is 12.6. The minimum absolute atomic E-state index is 0.0481. The molecule has 0 spiro atoms. The van der Waals surface area contributed by atoms with E-state index in [0.717, 1.165) is 24.4 Å². The van der Waals surface area contributed by atoms with Gasteiger partial charge in [0.25, 0.3) is 0 Å². The summed E-state index contributed by atoms with van der Waals surface area (Å²) in [4.78, 5) is 14.8. The molecule has 0 saturated carbocycles. The maximum absolute atomic E-state index is 12.6. The van der Waals surface area contributed by atoms with Crippen molar-refractivity contribution in [1.82, 2.24) is 10.2 Å². The topological polar surface area (TPSA) is 71.0 Å². The molecule has 1 amide bonds. The lowest BCUT2D eigenvalue weighted by Gasteiger charge is -2.34. The largest absolute Gasteiger partial charge is 0.493 e. The number of rotatable bonds is 5. The molecule has 1 fully saturated rings. The van der Waals surface area contributed by atoms with Crippen molar-refractivity contribution in [2.45, 2.75) is 24.9 Å². The molecule has 2 heterocycles. The number of fused-ring (bicyclic) bond motifs is 1. The van der Waals surface area contributed by atoms with Crippen LogP contribution < -0.4 is 10.1 Å². The number of β-amino-alcohol motifs (C(OH)–C–C–N with tert-alkyl or cyclic N) is 1. The van der Waals surface area contributed by atoms with Crippen LogP contribution in [0.25, 0.3) is 0 Å². The van der Waals surface area contributed by atoms with Gasteiger partial charge in [0, 0.05) is 31.7 Å². The Kier molecular flexibility index (Phi) is 5.38. The highest BCUT2D eigenvalue weighted by Crippen LogP contribution is 2.33. The molecule has 1 aromatic carbocycles. The molecule has 0 aromatic heterocycles. The van der Waals surface area contributed by atoms with E-state index in [1.165, 1.54) is 0 Å². The van der Waals surface area contributed by atoms with Gasteiger partial charge in [-0.15, -0.1) is 0 Å². The van der Waals surface area contributed by atoms with Crippen molar-refractivity contribution in [3.8, 4) is 5.75 Å². The molecule has 6 heteroatoms. The summed E-state index contributed by atoms with van der Waals surface area (Å²) in [6, 6.07) is 7.66. The van der Waals surface area contributed by atoms with E-state index in [0.29, 0.717) is 32.8 Å². The number of morpholine rings is 1. The summed E-state index contributed by atoms with van der Waals surface area (Å²) < 4.78 is 10.9. The predicted octanol–water partition coefficient (Wildman–Crippen LogP) is 0.752. The van der Waals surface area contributed by atoms with E-state index < -0.39 is 5.60 Å². The van der Waals surface area contributed by atoms with Gasteiger partial charge in [0.15, 0.2) is 0 Å². The van der Waals surface area contributed by atoms with Gasteiger partial charge in [-0.3, -0.25) is 9.69 Å². The van der Waals surface area contributed by atoms with E-state index in [-0.39, 0.29) is 18.4 Å². The third-order valence-electron chi connectivity index (χ3n) is 4.59. The summed E-state index contributed by atoms with van der Waals surface area (Å²) in [5.41, 5.74) is -0.0356. The van der Waals surface area contributed by atoms with Crippen molar-refractivity contribution in [3.63, 3.8) is 0 Å². The first-order valence-electron chi connectivity index (χ1n) is 8.57. The van der Waals surface area contributed by atoms with E-state index in [1.807, 2.05) is 24.3 Å². The van der Waals surface area contributed by atoms with Gasteiger partial charge in [-0.25, -0.2) is 0 Å². The molecule has 2 unspecified atom stereocenters. The average Bonchev–Trinajstić information content (AvgIpc) is 2.60. The second kappa shape index (κ2) is 7.51. The van der Waals surface area contributed by atoms with Crippen LogP contribution in [0, 0.1) is 0 Å². The van der Waals surface area contributed by atoms with Crippen molar-refractivity contribution in [2.24, 2.45) is 0 Å². The van der Waals surface area contributed by atoms with Gasteiger partial charge in [0.05, 0.1) is 31.3 Å². The number of amides is 1. The van der Waals surface area contributed by atoms with Crippen LogP contribution in [0.4, 0.5) is 0 Å². The Morgan fingerprint density at radius 2 is 2.08 bits per heavy atom. The molecule has 0 radical (unpaired) electrons. The Labute approximate surface area is 142 Å². The van der Waals surface area contributed by atoms with Crippen LogP contribution in [-0.2, 0) is 9.53 Å². The number of hydrogen-bond acceptors (Lipinski definition) is 5. The molecule has 1 saturated heterocycles. The maximum Gasteiger partial charge on any atom is 0.227 e. The van der Waals surface area contributed by atoms with Gasteiger partial charge < -0.3 is 19.9 Å². The summed E-state index contributed by atoms with van der Waals surface area (Å²) in [6.07, 6.45) is 0.661. The molecule has 0 aliphatic carbocycles. The molecule has 1 aromatic rings. The van der Waals surface area contributed by atoms with Gasteiger partial charge in [0.1, 0.15) is 5.75 Å². The van der Waals surface area contributed by atoms with Crippen LogP contribution in [0.1, 0.15) is 24.8 Å². The number of hydrogen-bond donors (Lipinski definition) is 2. The van der Waals surface area contributed by atoms with E-state index in [1.54, 1.807) is 6.92 Å². The number of ether oxygens (including phenoxy) is 2. The first kappa shape index (κ1) is 17.2. The molecule has 6 nitrogen and oxygen atoms in total. The van der Waals surface area contributed by atoms with Crippen molar-refractivity contribution in [1.29, 1.82) is 0 Å². The molecule has 24 heavy (non-hydrogen) atoms. The van der Waals surface area contributed by atoms with Gasteiger partial charge in [-0.05, 0) is 19.4 Å². The van der Waals surface area contributed by atoms with Gasteiger partial charge in [-0.1, -0.05) is 18.2 Å². The van der Waals surface area contributed by atoms with Crippen LogP contribution in [0.5, 0.6) is 5.75 Å². The quantitative estimate of drug-likeness (QED) is 0.832. The lowest BCUT2D eigenvalue weighted by atomic mass is 9.92. The lowest BCUT2D eigenvalue weighted by molar-refractivity contribution is -0.124. The Morgan fingerprint density at radius 3 is 2.88 bits per heavy atom. The summed E-state index contributed by atoms with van der Waals surface area (Å²) in [6.45, 7) is 6.10. The molecule has 2 aliphatic rings. The van der Waals surface area contributed by atoms with Crippen molar-refractivity contribution >= 4 is 5.91 Å². The monoisotopic (exact) mass is 334 g/mol. The van der Waals surface area contributed by atoms with Crippen LogP contribution >= 0.6 is 0 Å². The zero-order valence-corrected chi connectivity index (χ0v) is 14.2. The lowest BCUT2D eigenvalue weighted by Crippen LogP contribution is -2.51. The first-order chi connectivity index (χ1) is 11.6. The Bertz CT molecular complexity index is 570. The molecule has 3 rings (SSSR count). The normalized spacial score (nSPS) is 23.7. The van der Waals surface area contributed by atoms with Crippen molar-refractivity contribution in [3.05, 3.63) is 29.8 Å². The number of nitrogens with one attached hydrogen (secondary N) is 1. The van der Waals surface area contributed by atoms with E-state index in [2.05, 4.69) is 10.2 Å². The molecule has 0 bridgehead atoms. The van der Waals surface area contributed by atoms with Crippen LogP contribution in [-0.4, -0.2) is 67.5 Å². The Balaban J connectivity index is 1.55. The molecular formula is C18H26N2O4. The summed E-state index contributed by atoms with van der Waals surface area (Å²) in [5, 5.41) is 13.5. The van der Waals surface area contributed by atoms with Crippen LogP contribution in [0.2, 0.25) is 0 Å². The first-order valence-corrected chi connectivity index (χ1v) is 8.57. The molecule has 2 atom stereocenters. The molecule has 2 aliphatic heterocycles. The predicted molar refractivity (Wildman–Crippen MR) is 90.2 cm³/mol. The smallest absolute Gasteiger partial charge is 0.227 e. The van der Waals surface area contributed by atoms with Crippen LogP contribution in [0.15, 0.2) is 24.3 Å². The van der Waals surface area contributed by atoms with Crippen molar-refractivity contribution in [2.75, 3.05) is 46.0 Å². The molecule has 2 N–H and O–H groups in total. The third kappa shape index (κ3) is 4.26. The van der Waals surface area contributed by atoms with Crippen LogP contribution in [0.3, 0.4) is 0 Å². The minimum Gasteiger partial charge on any atom is -0.493 e. The fraction of sp³-hybridized carbons (Fsp3) is 0.611. The summed E-state index contributed by atoms with van der Waals surface area (Å²) >= 11 is 0. The SMILES string of the molecule is CC(O)(CNC(=O)C1CCOc2ccccc21)CN1CCOCC1. The fourth-order valence-electron chi connectivity index (χ4n) is 3.31. The average molecular weight is 334 g/mol. The number of aliphatic hydroxyl groups is 1. The number of benzene rings is 1. The molecular weight excluding hydrogens is 308 g/mol. The highest BCUT2D eigenvalue weighted by atomic mass is 16.5. The number of carbonyl (C=O) groups excluding carboxylic acids is 1.